The Morgan fingerprint density at radius 2 is 2.04 bits per heavy atom. The van der Waals surface area contributed by atoms with E-state index in [4.69, 9.17) is 4.42 Å². The SMILES string of the molecule is C/C(=N\NC(=O)c1cccs1)c1c(O)ccc2ccc(=O)oc12. The first-order valence-corrected chi connectivity index (χ1v) is 7.58. The Hall–Kier alpha value is -2.93. The van der Waals surface area contributed by atoms with Crippen molar-refractivity contribution in [3.05, 3.63) is 62.6 Å². The number of hydrogen-bond donors (Lipinski definition) is 2. The van der Waals surface area contributed by atoms with E-state index in [1.807, 2.05) is 0 Å². The molecule has 116 valence electrons. The van der Waals surface area contributed by atoms with Gasteiger partial charge in [0.1, 0.15) is 5.75 Å². The van der Waals surface area contributed by atoms with Crippen molar-refractivity contribution >= 4 is 33.9 Å². The van der Waals surface area contributed by atoms with E-state index in [2.05, 4.69) is 10.5 Å². The summed E-state index contributed by atoms with van der Waals surface area (Å²) < 4.78 is 5.17. The van der Waals surface area contributed by atoms with Crippen molar-refractivity contribution in [1.82, 2.24) is 5.43 Å². The molecule has 2 aromatic heterocycles. The Morgan fingerprint density at radius 1 is 1.26 bits per heavy atom. The van der Waals surface area contributed by atoms with Crippen LogP contribution in [0.4, 0.5) is 0 Å². The summed E-state index contributed by atoms with van der Waals surface area (Å²) in [6.45, 7) is 1.61. The number of carbonyl (C=O) groups is 1. The summed E-state index contributed by atoms with van der Waals surface area (Å²) >= 11 is 1.30. The Kier molecular flexibility index (Phi) is 3.94. The third-order valence-electron chi connectivity index (χ3n) is 3.20. The molecule has 0 bridgehead atoms. The maximum atomic E-state index is 11.9. The van der Waals surface area contributed by atoms with Crippen LogP contribution in [0.15, 0.2) is 56.1 Å². The summed E-state index contributed by atoms with van der Waals surface area (Å²) in [6, 6.07) is 9.46. The zero-order valence-corrected chi connectivity index (χ0v) is 12.9. The minimum Gasteiger partial charge on any atom is -0.507 e. The van der Waals surface area contributed by atoms with Crippen LogP contribution in [-0.2, 0) is 0 Å². The maximum absolute atomic E-state index is 11.9. The van der Waals surface area contributed by atoms with Crippen LogP contribution in [0, 0.1) is 0 Å². The van der Waals surface area contributed by atoms with E-state index < -0.39 is 5.63 Å². The molecule has 0 unspecified atom stereocenters. The highest BCUT2D eigenvalue weighted by Gasteiger charge is 2.14. The van der Waals surface area contributed by atoms with Crippen LogP contribution in [0.3, 0.4) is 0 Å². The number of phenolic OH excluding ortho intramolecular Hbond substituents is 1. The van der Waals surface area contributed by atoms with Crippen molar-refractivity contribution < 1.29 is 14.3 Å². The van der Waals surface area contributed by atoms with E-state index in [1.165, 1.54) is 23.5 Å². The Labute approximate surface area is 134 Å². The minimum absolute atomic E-state index is 0.0847. The molecular weight excluding hydrogens is 316 g/mol. The molecule has 2 heterocycles. The molecule has 23 heavy (non-hydrogen) atoms. The number of hydrogen-bond acceptors (Lipinski definition) is 6. The van der Waals surface area contributed by atoms with Crippen LogP contribution in [-0.4, -0.2) is 16.7 Å². The van der Waals surface area contributed by atoms with Gasteiger partial charge in [-0.05, 0) is 36.6 Å². The molecule has 0 saturated carbocycles. The predicted octanol–water partition coefficient (Wildman–Crippen LogP) is 2.71. The first kappa shape index (κ1) is 15.0. The van der Waals surface area contributed by atoms with Crippen LogP contribution in [0.1, 0.15) is 22.2 Å². The number of carbonyl (C=O) groups excluding carboxylic acids is 1. The van der Waals surface area contributed by atoms with E-state index in [9.17, 15) is 14.7 Å². The highest BCUT2D eigenvalue weighted by Crippen LogP contribution is 2.26. The van der Waals surface area contributed by atoms with E-state index in [0.717, 1.165) is 0 Å². The summed E-state index contributed by atoms with van der Waals surface area (Å²) in [5, 5.41) is 16.5. The second-order valence-electron chi connectivity index (χ2n) is 4.75. The van der Waals surface area contributed by atoms with Crippen molar-refractivity contribution in [3.63, 3.8) is 0 Å². The first-order valence-electron chi connectivity index (χ1n) is 6.70. The molecule has 0 aliphatic carbocycles. The van der Waals surface area contributed by atoms with Crippen LogP contribution in [0.2, 0.25) is 0 Å². The number of hydrazone groups is 1. The molecule has 0 radical (unpaired) electrons. The molecule has 7 heteroatoms. The number of amides is 1. The zero-order valence-electron chi connectivity index (χ0n) is 12.1. The van der Waals surface area contributed by atoms with E-state index in [1.54, 1.807) is 36.6 Å². The van der Waals surface area contributed by atoms with Gasteiger partial charge in [-0.1, -0.05) is 6.07 Å². The number of aromatic hydroxyl groups is 1. The molecule has 1 aromatic carbocycles. The number of fused-ring (bicyclic) bond motifs is 1. The largest absolute Gasteiger partial charge is 0.507 e. The normalized spacial score (nSPS) is 11.6. The summed E-state index contributed by atoms with van der Waals surface area (Å²) in [5.41, 5.74) is 2.71. The Bertz CT molecular complexity index is 958. The molecular formula is C16H12N2O4S. The summed E-state index contributed by atoms with van der Waals surface area (Å²) in [7, 11) is 0. The number of phenols is 1. The van der Waals surface area contributed by atoms with Crippen LogP contribution >= 0.6 is 11.3 Å². The van der Waals surface area contributed by atoms with E-state index >= 15 is 0 Å². The molecule has 0 saturated heterocycles. The van der Waals surface area contributed by atoms with Gasteiger partial charge >= 0.3 is 5.63 Å². The van der Waals surface area contributed by atoms with Gasteiger partial charge in [0.05, 0.1) is 16.2 Å². The van der Waals surface area contributed by atoms with Gasteiger partial charge in [-0.2, -0.15) is 5.10 Å². The maximum Gasteiger partial charge on any atom is 0.336 e. The Balaban J connectivity index is 2.00. The van der Waals surface area contributed by atoms with Crippen molar-refractivity contribution in [2.24, 2.45) is 5.10 Å². The fourth-order valence-electron chi connectivity index (χ4n) is 2.13. The number of nitrogens with zero attached hydrogens (tertiary/aromatic N) is 1. The second-order valence-corrected chi connectivity index (χ2v) is 5.70. The Morgan fingerprint density at radius 3 is 2.78 bits per heavy atom. The fraction of sp³-hybridized carbons (Fsp3) is 0.0625. The summed E-state index contributed by atoms with van der Waals surface area (Å²) in [5.74, 6) is -0.431. The summed E-state index contributed by atoms with van der Waals surface area (Å²) in [6.07, 6.45) is 0. The molecule has 2 N–H and O–H groups in total. The molecule has 0 atom stereocenters. The molecule has 0 aliphatic heterocycles. The fourth-order valence-corrected chi connectivity index (χ4v) is 2.74. The van der Waals surface area contributed by atoms with Crippen molar-refractivity contribution in [3.8, 4) is 5.75 Å². The lowest BCUT2D eigenvalue weighted by molar-refractivity contribution is 0.0959. The molecule has 0 fully saturated rings. The van der Waals surface area contributed by atoms with E-state index in [0.29, 0.717) is 16.0 Å². The van der Waals surface area contributed by atoms with Gasteiger partial charge in [0, 0.05) is 11.5 Å². The van der Waals surface area contributed by atoms with Gasteiger partial charge in [0.2, 0.25) is 0 Å². The van der Waals surface area contributed by atoms with Crippen LogP contribution in [0.5, 0.6) is 5.75 Å². The van der Waals surface area contributed by atoms with Gasteiger partial charge in [0.15, 0.2) is 5.58 Å². The zero-order chi connectivity index (χ0) is 16.4. The van der Waals surface area contributed by atoms with E-state index in [-0.39, 0.29) is 22.8 Å². The smallest absolute Gasteiger partial charge is 0.336 e. The number of benzene rings is 1. The number of thiophene rings is 1. The van der Waals surface area contributed by atoms with Crippen molar-refractivity contribution in [2.45, 2.75) is 6.92 Å². The second kappa shape index (κ2) is 6.05. The lowest BCUT2D eigenvalue weighted by atomic mass is 10.1. The molecule has 3 rings (SSSR count). The molecule has 0 aliphatic rings. The average molecular weight is 328 g/mol. The first-order chi connectivity index (χ1) is 11.1. The van der Waals surface area contributed by atoms with Crippen LogP contribution in [0.25, 0.3) is 11.0 Å². The lowest BCUT2D eigenvalue weighted by Gasteiger charge is -2.07. The minimum atomic E-state index is -0.528. The highest BCUT2D eigenvalue weighted by atomic mass is 32.1. The third-order valence-corrected chi connectivity index (χ3v) is 4.07. The van der Waals surface area contributed by atoms with Crippen molar-refractivity contribution in [2.75, 3.05) is 0 Å². The topological polar surface area (TPSA) is 91.9 Å². The third kappa shape index (κ3) is 3.00. The van der Waals surface area contributed by atoms with Gasteiger partial charge in [0.25, 0.3) is 5.91 Å². The molecule has 3 aromatic rings. The van der Waals surface area contributed by atoms with Crippen molar-refractivity contribution in [1.29, 1.82) is 0 Å². The monoisotopic (exact) mass is 328 g/mol. The van der Waals surface area contributed by atoms with Crippen LogP contribution < -0.4 is 11.1 Å². The molecule has 1 amide bonds. The molecule has 0 spiro atoms. The summed E-state index contributed by atoms with van der Waals surface area (Å²) in [4.78, 5) is 23.9. The highest BCUT2D eigenvalue weighted by molar-refractivity contribution is 7.12. The lowest BCUT2D eigenvalue weighted by Crippen LogP contribution is -2.18. The van der Waals surface area contributed by atoms with Gasteiger partial charge < -0.3 is 9.52 Å². The number of nitrogens with one attached hydrogen (secondary N) is 1. The standard InChI is InChI=1S/C16H12N2O4S/c1-9(17-18-16(21)12-3-2-8-23-12)14-11(19)6-4-10-5-7-13(20)22-15(10)14/h2-8,19H,1H3,(H,18,21)/b17-9+. The number of rotatable bonds is 3. The predicted molar refractivity (Wildman–Crippen MR) is 88.1 cm³/mol. The van der Waals surface area contributed by atoms with Gasteiger partial charge in [-0.15, -0.1) is 11.3 Å². The quantitative estimate of drug-likeness (QED) is 0.439. The molecule has 6 nitrogen and oxygen atoms in total. The average Bonchev–Trinajstić information content (AvgIpc) is 3.06. The van der Waals surface area contributed by atoms with Gasteiger partial charge in [-0.3, -0.25) is 4.79 Å². The van der Waals surface area contributed by atoms with Gasteiger partial charge in [-0.25, -0.2) is 10.2 Å².